The highest BCUT2D eigenvalue weighted by molar-refractivity contribution is 7.98. The van der Waals surface area contributed by atoms with Gasteiger partial charge in [0.05, 0.1) is 23.4 Å². The van der Waals surface area contributed by atoms with Crippen LogP contribution in [0.3, 0.4) is 0 Å². The van der Waals surface area contributed by atoms with Crippen molar-refractivity contribution >= 4 is 49.3 Å². The molecule has 0 amide bonds. The summed E-state index contributed by atoms with van der Waals surface area (Å²) in [5.41, 5.74) is 5.44. The third-order valence-corrected chi connectivity index (χ3v) is 7.18. The molecule has 1 aliphatic heterocycles. The van der Waals surface area contributed by atoms with Crippen molar-refractivity contribution in [2.45, 2.75) is 44.2 Å². The average molecular weight is 401 g/mol. The van der Waals surface area contributed by atoms with Crippen LogP contribution in [-0.2, 0) is 24.0 Å². The van der Waals surface area contributed by atoms with E-state index in [1.807, 2.05) is 0 Å². The summed E-state index contributed by atoms with van der Waals surface area (Å²) in [6.45, 7) is 5.55. The maximum Gasteiger partial charge on any atom is 0.189 e. The first-order valence-electron chi connectivity index (χ1n) is 9.81. The first-order chi connectivity index (χ1) is 13.3. The number of nitrogens with zero attached hydrogens (tertiary/aromatic N) is 4. The molecule has 3 aromatic heterocycles. The molecule has 5 rings (SSSR count). The number of ether oxygens (including phenoxy) is 1. The lowest BCUT2D eigenvalue weighted by Gasteiger charge is -2.28. The van der Waals surface area contributed by atoms with Gasteiger partial charge in [-0.1, -0.05) is 25.1 Å². The quantitative estimate of drug-likeness (QED) is 0.482. The Kier molecular flexibility index (Phi) is 4.70. The minimum Gasteiger partial charge on any atom is -0.378 e. The Morgan fingerprint density at radius 2 is 1.93 bits per heavy atom. The summed E-state index contributed by atoms with van der Waals surface area (Å²) in [5, 5.41) is 2.16. The van der Waals surface area contributed by atoms with Gasteiger partial charge in [-0.05, 0) is 43.1 Å². The zero-order valence-electron chi connectivity index (χ0n) is 15.9. The van der Waals surface area contributed by atoms with Crippen LogP contribution in [-0.4, -0.2) is 47.5 Å². The molecule has 142 valence electrons. The Balaban J connectivity index is 1.80. The van der Waals surface area contributed by atoms with E-state index in [0.717, 1.165) is 66.9 Å². The van der Waals surface area contributed by atoms with E-state index in [0.29, 0.717) is 0 Å². The highest BCUT2D eigenvalue weighted by atomic mass is 32.2. The van der Waals surface area contributed by atoms with Crippen molar-refractivity contribution in [3.8, 4) is 0 Å². The third-order valence-electron chi connectivity index (χ3n) is 5.56. The molecule has 7 heteroatoms. The largest absolute Gasteiger partial charge is 0.378 e. The molecule has 0 saturated carbocycles. The fourth-order valence-corrected chi connectivity index (χ4v) is 5.88. The Bertz CT molecular complexity index is 1010. The standard InChI is InChI=1S/C20H24N4OS2/c1-3-5-14-12-6-4-7-13(12)15-16-17(27-19(15)21-14)18(23-20(22-16)26-2)24-8-10-25-11-9-24/h3-11H2,1-2H3. The maximum atomic E-state index is 5.55. The number of fused-ring (bicyclic) bond motifs is 5. The molecule has 0 aromatic carbocycles. The number of anilines is 1. The van der Waals surface area contributed by atoms with Gasteiger partial charge in [0.2, 0.25) is 0 Å². The highest BCUT2D eigenvalue weighted by Crippen LogP contribution is 2.43. The molecule has 1 fully saturated rings. The maximum absolute atomic E-state index is 5.55. The van der Waals surface area contributed by atoms with E-state index < -0.39 is 0 Å². The number of hydrogen-bond acceptors (Lipinski definition) is 7. The second-order valence-corrected chi connectivity index (χ2v) is 8.98. The van der Waals surface area contributed by atoms with Crippen LogP contribution < -0.4 is 4.90 Å². The van der Waals surface area contributed by atoms with Crippen LogP contribution >= 0.6 is 23.1 Å². The SMILES string of the molecule is CCCc1nc2sc3c(N4CCOCC4)nc(SC)nc3c2c2c1CCC2. The number of aryl methyl sites for hydroxylation is 2. The Hall–Kier alpha value is -1.44. The minimum absolute atomic E-state index is 0.763. The van der Waals surface area contributed by atoms with E-state index >= 15 is 0 Å². The minimum atomic E-state index is 0.763. The zero-order chi connectivity index (χ0) is 18.4. The molecule has 0 unspecified atom stereocenters. The molecular weight excluding hydrogens is 376 g/mol. The number of thioether (sulfide) groups is 1. The first-order valence-corrected chi connectivity index (χ1v) is 11.9. The van der Waals surface area contributed by atoms with Crippen molar-refractivity contribution in [3.05, 3.63) is 16.8 Å². The van der Waals surface area contributed by atoms with Gasteiger partial charge >= 0.3 is 0 Å². The molecule has 5 nitrogen and oxygen atoms in total. The summed E-state index contributed by atoms with van der Waals surface area (Å²) < 4.78 is 6.75. The third kappa shape index (κ3) is 2.91. The molecule has 4 heterocycles. The molecular formula is C20H24N4OS2. The number of rotatable bonds is 4. The summed E-state index contributed by atoms with van der Waals surface area (Å²) in [4.78, 5) is 18.5. The lowest BCUT2D eigenvalue weighted by atomic mass is 10.0. The fraction of sp³-hybridized carbons (Fsp3) is 0.550. The van der Waals surface area contributed by atoms with E-state index in [9.17, 15) is 0 Å². The predicted octanol–water partition coefficient (Wildman–Crippen LogP) is 4.24. The summed E-state index contributed by atoms with van der Waals surface area (Å²) >= 11 is 3.40. The monoisotopic (exact) mass is 400 g/mol. The van der Waals surface area contributed by atoms with Gasteiger partial charge in [0.15, 0.2) is 11.0 Å². The molecule has 0 bridgehead atoms. The summed E-state index contributed by atoms with van der Waals surface area (Å²) in [5.74, 6) is 1.07. The summed E-state index contributed by atoms with van der Waals surface area (Å²) in [6, 6.07) is 0. The van der Waals surface area contributed by atoms with Gasteiger partial charge in [-0.2, -0.15) is 0 Å². The number of pyridine rings is 1. The van der Waals surface area contributed by atoms with E-state index in [1.165, 1.54) is 39.7 Å². The topological polar surface area (TPSA) is 51.1 Å². The van der Waals surface area contributed by atoms with E-state index in [-0.39, 0.29) is 0 Å². The Morgan fingerprint density at radius 1 is 1.11 bits per heavy atom. The van der Waals surface area contributed by atoms with Crippen molar-refractivity contribution in [2.75, 3.05) is 37.5 Å². The van der Waals surface area contributed by atoms with Gasteiger partial charge in [0, 0.05) is 24.2 Å². The van der Waals surface area contributed by atoms with Crippen LogP contribution in [0.1, 0.15) is 36.6 Å². The van der Waals surface area contributed by atoms with Crippen molar-refractivity contribution in [1.82, 2.24) is 15.0 Å². The van der Waals surface area contributed by atoms with Crippen LogP contribution in [0, 0.1) is 0 Å². The molecule has 0 N–H and O–H groups in total. The molecule has 0 radical (unpaired) electrons. The van der Waals surface area contributed by atoms with Crippen LogP contribution in [0.4, 0.5) is 5.82 Å². The normalized spacial score (nSPS) is 17.2. The number of aromatic nitrogens is 3. The molecule has 1 aliphatic carbocycles. The van der Waals surface area contributed by atoms with E-state index in [4.69, 9.17) is 19.7 Å². The lowest BCUT2D eigenvalue weighted by Crippen LogP contribution is -2.36. The van der Waals surface area contributed by atoms with Crippen molar-refractivity contribution in [2.24, 2.45) is 0 Å². The number of thiophene rings is 1. The number of hydrogen-bond donors (Lipinski definition) is 0. The zero-order valence-corrected chi connectivity index (χ0v) is 17.5. The van der Waals surface area contributed by atoms with Crippen molar-refractivity contribution in [1.29, 1.82) is 0 Å². The molecule has 0 spiro atoms. The van der Waals surface area contributed by atoms with Crippen molar-refractivity contribution < 1.29 is 4.74 Å². The van der Waals surface area contributed by atoms with Crippen molar-refractivity contribution in [3.63, 3.8) is 0 Å². The smallest absolute Gasteiger partial charge is 0.189 e. The second-order valence-electron chi connectivity index (χ2n) is 7.21. The number of morpholine rings is 1. The van der Waals surface area contributed by atoms with E-state index in [2.05, 4.69) is 18.1 Å². The van der Waals surface area contributed by atoms with Gasteiger partial charge in [-0.3, -0.25) is 0 Å². The van der Waals surface area contributed by atoms with Gasteiger partial charge in [0.1, 0.15) is 4.83 Å². The van der Waals surface area contributed by atoms with E-state index in [1.54, 1.807) is 23.1 Å². The molecule has 27 heavy (non-hydrogen) atoms. The van der Waals surface area contributed by atoms with Crippen LogP contribution in [0.5, 0.6) is 0 Å². The predicted molar refractivity (Wildman–Crippen MR) is 114 cm³/mol. The van der Waals surface area contributed by atoms with Crippen LogP contribution in [0.2, 0.25) is 0 Å². The van der Waals surface area contributed by atoms with Crippen LogP contribution in [0.15, 0.2) is 5.16 Å². The highest BCUT2D eigenvalue weighted by Gasteiger charge is 2.26. The molecule has 0 atom stereocenters. The Morgan fingerprint density at radius 3 is 2.70 bits per heavy atom. The van der Waals surface area contributed by atoms with Gasteiger partial charge in [0.25, 0.3) is 0 Å². The molecule has 3 aromatic rings. The average Bonchev–Trinajstić information content (AvgIpc) is 3.32. The first kappa shape index (κ1) is 17.6. The van der Waals surface area contributed by atoms with Gasteiger partial charge in [-0.25, -0.2) is 15.0 Å². The summed E-state index contributed by atoms with van der Waals surface area (Å²) in [7, 11) is 0. The second kappa shape index (κ2) is 7.18. The molecule has 2 aliphatic rings. The van der Waals surface area contributed by atoms with Gasteiger partial charge in [-0.15, -0.1) is 11.3 Å². The van der Waals surface area contributed by atoms with Crippen LogP contribution in [0.25, 0.3) is 20.4 Å². The lowest BCUT2D eigenvalue weighted by molar-refractivity contribution is 0.122. The summed E-state index contributed by atoms with van der Waals surface area (Å²) in [6.07, 6.45) is 7.84. The fourth-order valence-electron chi connectivity index (χ4n) is 4.33. The molecule has 1 saturated heterocycles. The van der Waals surface area contributed by atoms with Gasteiger partial charge < -0.3 is 9.64 Å². The Labute approximate surface area is 167 Å².